The number of carbonyl (C=O) groups is 1. The number of ether oxygens (including phenoxy) is 1. The molecular formula is C28H28N4O5. The van der Waals surface area contributed by atoms with E-state index < -0.39 is 10.8 Å². The van der Waals surface area contributed by atoms with Gasteiger partial charge in [0.25, 0.3) is 11.6 Å². The van der Waals surface area contributed by atoms with Crippen molar-refractivity contribution in [3.05, 3.63) is 93.4 Å². The van der Waals surface area contributed by atoms with Crippen LogP contribution >= 0.6 is 0 Å². The van der Waals surface area contributed by atoms with E-state index in [0.717, 1.165) is 16.7 Å². The fraction of sp³-hybridized carbons (Fsp3) is 0.286. The van der Waals surface area contributed by atoms with Gasteiger partial charge in [-0.05, 0) is 53.4 Å². The number of morpholine rings is 1. The van der Waals surface area contributed by atoms with E-state index in [2.05, 4.69) is 36.3 Å². The van der Waals surface area contributed by atoms with E-state index in [4.69, 9.17) is 9.15 Å². The summed E-state index contributed by atoms with van der Waals surface area (Å²) in [4.78, 5) is 30.6. The van der Waals surface area contributed by atoms with Crippen LogP contribution in [0.15, 0.2) is 65.1 Å². The Morgan fingerprint density at radius 3 is 2.54 bits per heavy atom. The zero-order valence-corrected chi connectivity index (χ0v) is 20.8. The van der Waals surface area contributed by atoms with Crippen molar-refractivity contribution in [2.24, 2.45) is 0 Å². The van der Waals surface area contributed by atoms with Crippen LogP contribution in [0.3, 0.4) is 0 Å². The summed E-state index contributed by atoms with van der Waals surface area (Å²) in [6.45, 7) is 6.46. The van der Waals surface area contributed by atoms with E-state index in [-0.39, 0.29) is 11.3 Å². The average Bonchev–Trinajstić information content (AvgIpc) is 3.31. The first-order valence-corrected chi connectivity index (χ1v) is 12.3. The largest absolute Gasteiger partial charge is 0.440 e. The number of amides is 1. The predicted octanol–water partition coefficient (Wildman–Crippen LogP) is 5.54. The number of nitrogens with one attached hydrogen (secondary N) is 1. The van der Waals surface area contributed by atoms with E-state index in [1.165, 1.54) is 11.6 Å². The number of anilines is 2. The Hall–Kier alpha value is -4.24. The summed E-state index contributed by atoms with van der Waals surface area (Å²) in [6, 6.07) is 18.0. The van der Waals surface area contributed by atoms with Crippen molar-refractivity contribution in [3.63, 3.8) is 0 Å². The lowest BCUT2D eigenvalue weighted by Gasteiger charge is -2.28. The molecule has 1 amide bonds. The minimum Gasteiger partial charge on any atom is -0.440 e. The predicted molar refractivity (Wildman–Crippen MR) is 141 cm³/mol. The van der Waals surface area contributed by atoms with Crippen molar-refractivity contribution in [2.45, 2.75) is 26.2 Å². The second-order valence-electron chi connectivity index (χ2n) is 9.38. The molecule has 1 aliphatic heterocycles. The summed E-state index contributed by atoms with van der Waals surface area (Å²) < 4.78 is 11.2. The van der Waals surface area contributed by atoms with Gasteiger partial charge in [-0.15, -0.1) is 0 Å². The Balaban J connectivity index is 1.27. The number of nitro benzene ring substituents is 1. The van der Waals surface area contributed by atoms with Gasteiger partial charge < -0.3 is 19.4 Å². The average molecular weight is 501 g/mol. The van der Waals surface area contributed by atoms with Crippen LogP contribution in [0.4, 0.5) is 17.1 Å². The van der Waals surface area contributed by atoms with Crippen LogP contribution in [0.1, 0.15) is 47.1 Å². The molecule has 0 radical (unpaired) electrons. The topological polar surface area (TPSA) is 111 Å². The van der Waals surface area contributed by atoms with Gasteiger partial charge in [0.15, 0.2) is 11.5 Å². The number of aromatic nitrogens is 1. The van der Waals surface area contributed by atoms with E-state index in [9.17, 15) is 14.9 Å². The number of rotatable bonds is 7. The Morgan fingerprint density at radius 1 is 1.08 bits per heavy atom. The normalized spacial score (nSPS) is 13.8. The number of benzene rings is 3. The molecule has 0 spiro atoms. The molecule has 2 heterocycles. The number of nitrogens with zero attached hydrogens (tertiary/aromatic N) is 3. The third kappa shape index (κ3) is 5.46. The third-order valence-electron chi connectivity index (χ3n) is 6.48. The first-order valence-electron chi connectivity index (χ1n) is 12.3. The molecule has 4 aromatic rings. The van der Waals surface area contributed by atoms with Crippen molar-refractivity contribution >= 4 is 34.1 Å². The van der Waals surface area contributed by atoms with Crippen LogP contribution in [0.25, 0.3) is 11.1 Å². The van der Waals surface area contributed by atoms with Crippen LogP contribution in [0, 0.1) is 10.1 Å². The molecule has 1 aromatic heterocycles. The highest BCUT2D eigenvalue weighted by atomic mass is 16.6. The van der Waals surface area contributed by atoms with Crippen LogP contribution < -0.4 is 10.2 Å². The molecule has 0 unspecified atom stereocenters. The molecule has 0 saturated carbocycles. The Kier molecular flexibility index (Phi) is 6.87. The van der Waals surface area contributed by atoms with Gasteiger partial charge in [0.05, 0.1) is 18.1 Å². The van der Waals surface area contributed by atoms with Crippen LogP contribution in [0.5, 0.6) is 0 Å². The highest BCUT2D eigenvalue weighted by Gasteiger charge is 2.23. The molecule has 9 heteroatoms. The number of carbonyl (C=O) groups excluding carboxylic acids is 1. The van der Waals surface area contributed by atoms with Crippen molar-refractivity contribution in [1.29, 1.82) is 0 Å². The Labute approximate surface area is 214 Å². The van der Waals surface area contributed by atoms with E-state index in [0.29, 0.717) is 55.9 Å². The lowest BCUT2D eigenvalue weighted by molar-refractivity contribution is -0.384. The number of hydrogen-bond acceptors (Lipinski definition) is 7. The molecule has 5 rings (SSSR count). The maximum atomic E-state index is 12.8. The van der Waals surface area contributed by atoms with Crippen LogP contribution in [0.2, 0.25) is 0 Å². The van der Waals surface area contributed by atoms with Crippen molar-refractivity contribution in [1.82, 2.24) is 4.98 Å². The first-order chi connectivity index (χ1) is 17.9. The summed E-state index contributed by atoms with van der Waals surface area (Å²) in [5, 5.41) is 14.5. The third-order valence-corrected chi connectivity index (χ3v) is 6.48. The number of hydrogen-bond donors (Lipinski definition) is 1. The molecule has 0 bridgehead atoms. The zero-order valence-electron chi connectivity index (χ0n) is 20.8. The summed E-state index contributed by atoms with van der Waals surface area (Å²) >= 11 is 0. The lowest BCUT2D eigenvalue weighted by atomic mass is 10.0. The molecule has 1 aliphatic rings. The van der Waals surface area contributed by atoms with Gasteiger partial charge in [0.1, 0.15) is 11.2 Å². The molecule has 1 fully saturated rings. The Bertz CT molecular complexity index is 1440. The fourth-order valence-electron chi connectivity index (χ4n) is 4.39. The standard InChI is InChI=1S/C28H28N4O5/c1-18(2)20-6-10-26-23(16-20)30-27(37-26)15-19-3-7-22(8-4-19)29-28(33)21-5-9-24(25(17-21)32(34)35)31-11-13-36-14-12-31/h3-10,16-18H,11-15H2,1-2H3,(H,29,33). The number of nitro groups is 1. The van der Waals surface area contributed by atoms with Crippen LogP contribution in [-0.4, -0.2) is 42.1 Å². The minimum absolute atomic E-state index is 0.0938. The second-order valence-corrected chi connectivity index (χ2v) is 9.38. The molecule has 1 saturated heterocycles. The molecule has 37 heavy (non-hydrogen) atoms. The first kappa shape index (κ1) is 24.5. The second kappa shape index (κ2) is 10.4. The van der Waals surface area contributed by atoms with E-state index in [1.807, 2.05) is 23.1 Å². The molecular weight excluding hydrogens is 472 g/mol. The zero-order chi connectivity index (χ0) is 25.9. The van der Waals surface area contributed by atoms with Crippen molar-refractivity contribution < 1.29 is 18.9 Å². The van der Waals surface area contributed by atoms with Crippen molar-refractivity contribution in [3.8, 4) is 0 Å². The maximum Gasteiger partial charge on any atom is 0.293 e. The summed E-state index contributed by atoms with van der Waals surface area (Å²) in [6.07, 6.45) is 0.523. The van der Waals surface area contributed by atoms with Gasteiger partial charge in [0.2, 0.25) is 0 Å². The van der Waals surface area contributed by atoms with Gasteiger partial charge in [0, 0.05) is 36.8 Å². The SMILES string of the molecule is CC(C)c1ccc2oc(Cc3ccc(NC(=O)c4ccc(N5CCOCC5)c([N+](=O)[O-])c4)cc3)nc2c1. The highest BCUT2D eigenvalue weighted by molar-refractivity contribution is 6.05. The Morgan fingerprint density at radius 2 is 1.84 bits per heavy atom. The minimum atomic E-state index is -0.452. The van der Waals surface area contributed by atoms with E-state index in [1.54, 1.807) is 24.3 Å². The number of oxazole rings is 1. The van der Waals surface area contributed by atoms with E-state index >= 15 is 0 Å². The molecule has 9 nitrogen and oxygen atoms in total. The maximum absolute atomic E-state index is 12.8. The summed E-state index contributed by atoms with van der Waals surface area (Å²) in [7, 11) is 0. The van der Waals surface area contributed by atoms with Crippen LogP contribution in [-0.2, 0) is 11.2 Å². The van der Waals surface area contributed by atoms with Crippen molar-refractivity contribution in [2.75, 3.05) is 36.5 Å². The molecule has 0 aliphatic carbocycles. The van der Waals surface area contributed by atoms with Gasteiger partial charge in [-0.3, -0.25) is 14.9 Å². The van der Waals surface area contributed by atoms with Gasteiger partial charge in [-0.2, -0.15) is 0 Å². The quantitative estimate of drug-likeness (QED) is 0.262. The smallest absolute Gasteiger partial charge is 0.293 e. The van der Waals surface area contributed by atoms with Gasteiger partial charge >= 0.3 is 0 Å². The molecule has 0 atom stereocenters. The summed E-state index contributed by atoms with van der Waals surface area (Å²) in [5.41, 5.74) is 5.02. The molecule has 190 valence electrons. The molecule has 1 N–H and O–H groups in total. The highest BCUT2D eigenvalue weighted by Crippen LogP contribution is 2.30. The number of fused-ring (bicyclic) bond motifs is 1. The molecule has 3 aromatic carbocycles. The fourth-order valence-corrected chi connectivity index (χ4v) is 4.39. The monoisotopic (exact) mass is 500 g/mol. The van der Waals surface area contributed by atoms with Gasteiger partial charge in [-0.25, -0.2) is 4.98 Å². The lowest BCUT2D eigenvalue weighted by Crippen LogP contribution is -2.36. The summed E-state index contributed by atoms with van der Waals surface area (Å²) in [5.74, 6) is 0.630. The van der Waals surface area contributed by atoms with Gasteiger partial charge in [-0.1, -0.05) is 32.0 Å².